The number of hydrogen-bond acceptors (Lipinski definition) is 6. The second-order valence-corrected chi connectivity index (χ2v) is 8.51. The number of carbonyl (C=O) groups is 3. The highest BCUT2D eigenvalue weighted by atomic mass is 16.6. The molecule has 1 aliphatic carbocycles. The molecule has 0 aromatic carbocycles. The van der Waals surface area contributed by atoms with Gasteiger partial charge in [0.15, 0.2) is 0 Å². The zero-order valence-corrected chi connectivity index (χ0v) is 16.6. The van der Waals surface area contributed by atoms with Crippen LogP contribution in [0, 0.1) is 10.8 Å². The number of allylic oxidation sites excluding steroid dienone is 2. The molecular weight excluding hydrogens is 336 g/mol. The molecule has 0 N–H and O–H groups in total. The Balaban J connectivity index is 2.85. The normalized spacial score (nSPS) is 23.7. The van der Waals surface area contributed by atoms with Crippen LogP contribution in [0.5, 0.6) is 0 Å². The van der Waals surface area contributed by atoms with Crippen LogP contribution in [0.15, 0.2) is 34.6 Å². The number of carbonyl (C=O) groups excluding carboxylic acids is 3. The van der Waals surface area contributed by atoms with Gasteiger partial charge in [-0.15, -0.1) is 0 Å². The van der Waals surface area contributed by atoms with Crippen LogP contribution in [-0.4, -0.2) is 37.5 Å². The van der Waals surface area contributed by atoms with Gasteiger partial charge in [-0.3, -0.25) is 4.79 Å². The molecule has 6 heteroatoms. The molecule has 2 aliphatic rings. The summed E-state index contributed by atoms with van der Waals surface area (Å²) in [6.07, 6.45) is 3.36. The average molecular weight is 362 g/mol. The summed E-state index contributed by atoms with van der Waals surface area (Å²) in [5, 5.41) is 0. The number of ether oxygens (including phenoxy) is 3. The quantitative estimate of drug-likeness (QED) is 0.703. The van der Waals surface area contributed by atoms with Crippen molar-refractivity contribution in [2.45, 2.75) is 47.1 Å². The van der Waals surface area contributed by atoms with Crippen molar-refractivity contribution in [2.24, 2.45) is 10.8 Å². The van der Waals surface area contributed by atoms with Crippen LogP contribution in [-0.2, 0) is 28.6 Å². The molecule has 1 atom stereocenters. The van der Waals surface area contributed by atoms with E-state index >= 15 is 0 Å². The van der Waals surface area contributed by atoms with Crippen molar-refractivity contribution in [3.63, 3.8) is 0 Å². The van der Waals surface area contributed by atoms with Crippen molar-refractivity contribution in [1.29, 1.82) is 0 Å². The highest BCUT2D eigenvalue weighted by Crippen LogP contribution is 2.47. The Hall–Kier alpha value is -2.37. The van der Waals surface area contributed by atoms with E-state index in [9.17, 15) is 14.4 Å². The second kappa shape index (κ2) is 6.11. The van der Waals surface area contributed by atoms with Crippen LogP contribution in [0.1, 0.15) is 41.5 Å². The molecular formula is C20H26O6. The minimum atomic E-state index is -1.87. The maximum Gasteiger partial charge on any atom is 0.376 e. The van der Waals surface area contributed by atoms with Crippen molar-refractivity contribution in [2.75, 3.05) is 14.2 Å². The van der Waals surface area contributed by atoms with Gasteiger partial charge in [0.25, 0.3) is 0 Å². The predicted octanol–water partition coefficient (Wildman–Crippen LogP) is 2.88. The first-order valence-corrected chi connectivity index (χ1v) is 8.40. The molecule has 0 unspecified atom stereocenters. The number of methoxy groups -OCH3 is 2. The number of ketones is 1. The van der Waals surface area contributed by atoms with Gasteiger partial charge in [-0.25, -0.2) is 9.59 Å². The largest absolute Gasteiger partial charge is 0.489 e. The van der Waals surface area contributed by atoms with Crippen molar-refractivity contribution in [1.82, 2.24) is 0 Å². The fourth-order valence-corrected chi connectivity index (χ4v) is 3.05. The van der Waals surface area contributed by atoms with Crippen molar-refractivity contribution >= 4 is 17.7 Å². The van der Waals surface area contributed by atoms with Gasteiger partial charge >= 0.3 is 11.9 Å². The third-order valence-corrected chi connectivity index (χ3v) is 4.55. The van der Waals surface area contributed by atoms with Gasteiger partial charge in [-0.2, -0.15) is 0 Å². The number of hydrogen-bond donors (Lipinski definition) is 0. The minimum absolute atomic E-state index is 0.214. The first kappa shape index (κ1) is 19.9. The molecule has 6 nitrogen and oxygen atoms in total. The Bertz CT molecular complexity index is 767. The van der Waals surface area contributed by atoms with Gasteiger partial charge in [0.1, 0.15) is 5.57 Å². The fourth-order valence-electron chi connectivity index (χ4n) is 3.05. The standard InChI is InChI=1S/C20H26O6/c1-18(2,3)11-9-12(19(4,5)6)15(21)20(10-11)13(16(22)25-8)14(24-7)17(23)26-20/h9-10H,1-8H3/t20-/m0/s1. The van der Waals surface area contributed by atoms with Gasteiger partial charge < -0.3 is 14.2 Å². The molecule has 26 heavy (non-hydrogen) atoms. The summed E-state index contributed by atoms with van der Waals surface area (Å²) < 4.78 is 15.4. The van der Waals surface area contributed by atoms with Crippen LogP contribution < -0.4 is 0 Å². The van der Waals surface area contributed by atoms with Crippen LogP contribution in [0.3, 0.4) is 0 Å². The lowest BCUT2D eigenvalue weighted by Crippen LogP contribution is -2.47. The Kier molecular flexibility index (Phi) is 4.69. The third kappa shape index (κ3) is 2.97. The summed E-state index contributed by atoms with van der Waals surface area (Å²) in [4.78, 5) is 38.2. The topological polar surface area (TPSA) is 78.9 Å². The zero-order chi connectivity index (χ0) is 20.1. The molecule has 142 valence electrons. The molecule has 0 aromatic rings. The van der Waals surface area contributed by atoms with E-state index in [4.69, 9.17) is 14.2 Å². The monoisotopic (exact) mass is 362 g/mol. The summed E-state index contributed by atoms with van der Waals surface area (Å²) in [5.41, 5.74) is -1.68. The third-order valence-electron chi connectivity index (χ3n) is 4.55. The zero-order valence-electron chi connectivity index (χ0n) is 16.6. The number of rotatable bonds is 2. The summed E-state index contributed by atoms with van der Waals surface area (Å²) in [5.74, 6) is -2.45. The lowest BCUT2D eigenvalue weighted by Gasteiger charge is -2.37. The molecule has 1 aliphatic heterocycles. The summed E-state index contributed by atoms with van der Waals surface area (Å²) in [7, 11) is 2.43. The molecule has 0 bridgehead atoms. The second-order valence-electron chi connectivity index (χ2n) is 8.51. The van der Waals surface area contributed by atoms with Crippen molar-refractivity contribution in [3.05, 3.63) is 34.6 Å². The minimum Gasteiger partial charge on any atom is -0.489 e. The molecule has 0 radical (unpaired) electrons. The molecule has 0 aromatic heterocycles. The molecule has 0 saturated heterocycles. The summed E-state index contributed by atoms with van der Waals surface area (Å²) >= 11 is 0. The Morgan fingerprint density at radius 3 is 2.04 bits per heavy atom. The van der Waals surface area contributed by atoms with Crippen LogP contribution in [0.2, 0.25) is 0 Å². The Morgan fingerprint density at radius 1 is 1.04 bits per heavy atom. The molecule has 0 amide bonds. The van der Waals surface area contributed by atoms with Gasteiger partial charge in [-0.05, 0) is 22.5 Å². The van der Waals surface area contributed by atoms with Crippen LogP contribution >= 0.6 is 0 Å². The van der Waals surface area contributed by atoms with Gasteiger partial charge in [0, 0.05) is 5.57 Å². The van der Waals surface area contributed by atoms with E-state index in [0.717, 1.165) is 5.57 Å². The summed E-state index contributed by atoms with van der Waals surface area (Å²) in [6.45, 7) is 11.6. The maximum atomic E-state index is 13.4. The van der Waals surface area contributed by atoms with E-state index in [2.05, 4.69) is 0 Å². The van der Waals surface area contributed by atoms with E-state index in [-0.39, 0.29) is 16.7 Å². The summed E-state index contributed by atoms with van der Waals surface area (Å²) in [6, 6.07) is 0. The van der Waals surface area contributed by atoms with Crippen LogP contribution in [0.25, 0.3) is 0 Å². The van der Waals surface area contributed by atoms with Crippen molar-refractivity contribution in [3.8, 4) is 0 Å². The smallest absolute Gasteiger partial charge is 0.376 e. The highest BCUT2D eigenvalue weighted by Gasteiger charge is 2.59. The average Bonchev–Trinajstić information content (AvgIpc) is 2.79. The lowest BCUT2D eigenvalue weighted by atomic mass is 9.68. The van der Waals surface area contributed by atoms with Crippen LogP contribution in [0.4, 0.5) is 0 Å². The van der Waals surface area contributed by atoms with E-state index < -0.39 is 28.7 Å². The number of Topliss-reactive ketones (excluding diaryl/α,β-unsaturated/α-hetero) is 1. The maximum absolute atomic E-state index is 13.4. The van der Waals surface area contributed by atoms with Gasteiger partial charge in [0.05, 0.1) is 14.2 Å². The lowest BCUT2D eigenvalue weighted by molar-refractivity contribution is -0.154. The highest BCUT2D eigenvalue weighted by molar-refractivity contribution is 6.19. The molecule has 1 heterocycles. The van der Waals surface area contributed by atoms with E-state index in [1.54, 1.807) is 6.08 Å². The first-order valence-electron chi connectivity index (χ1n) is 8.40. The first-order chi connectivity index (χ1) is 11.8. The van der Waals surface area contributed by atoms with Crippen molar-refractivity contribution < 1.29 is 28.6 Å². The molecule has 0 saturated carbocycles. The fraction of sp³-hybridized carbons (Fsp3) is 0.550. The molecule has 1 spiro atoms. The van der Waals surface area contributed by atoms with E-state index in [1.165, 1.54) is 14.2 Å². The Labute approximate surface area is 153 Å². The molecule has 2 rings (SSSR count). The molecule has 0 fully saturated rings. The SMILES string of the molecule is COC(=O)C1=C(OC)C(=O)O[C@@]12C=C(C(C)(C)C)C=C(C(C)(C)C)C2=O. The van der Waals surface area contributed by atoms with Gasteiger partial charge in [-0.1, -0.05) is 47.6 Å². The van der Waals surface area contributed by atoms with E-state index in [0.29, 0.717) is 5.57 Å². The number of esters is 2. The predicted molar refractivity (Wildman–Crippen MR) is 95.0 cm³/mol. The van der Waals surface area contributed by atoms with Gasteiger partial charge in [0.2, 0.25) is 17.1 Å². The Morgan fingerprint density at radius 2 is 1.62 bits per heavy atom. The van der Waals surface area contributed by atoms with E-state index in [1.807, 2.05) is 47.6 Å².